The number of anilines is 1. The summed E-state index contributed by atoms with van der Waals surface area (Å²) in [6.45, 7) is 0. The molecular weight excluding hydrogens is 266 g/mol. The summed E-state index contributed by atoms with van der Waals surface area (Å²) in [6.07, 6.45) is 0. The highest BCUT2D eigenvalue weighted by Gasteiger charge is 2.14. The molecule has 0 unspecified atom stereocenters. The van der Waals surface area contributed by atoms with Gasteiger partial charge in [0.15, 0.2) is 0 Å². The molecular formula is C8H13N3O4S2. The molecule has 1 aromatic rings. The highest BCUT2D eigenvalue weighted by molar-refractivity contribution is 7.90. The molecule has 0 aliphatic heterocycles. The summed E-state index contributed by atoms with van der Waals surface area (Å²) in [5, 5.41) is 4.93. The highest BCUT2D eigenvalue weighted by Crippen LogP contribution is 2.15. The molecule has 1 aromatic carbocycles. The van der Waals surface area contributed by atoms with Gasteiger partial charge in [0.05, 0.1) is 10.6 Å². The first-order chi connectivity index (χ1) is 7.63. The number of sulfonamides is 1. The predicted octanol–water partition coefficient (Wildman–Crippen LogP) is -0.448. The Morgan fingerprint density at radius 1 is 1.18 bits per heavy atom. The van der Waals surface area contributed by atoms with Crippen LogP contribution in [0.15, 0.2) is 29.2 Å². The summed E-state index contributed by atoms with van der Waals surface area (Å²) in [5.41, 5.74) is 0.130. The molecule has 0 saturated carbocycles. The van der Waals surface area contributed by atoms with Crippen LogP contribution in [0.25, 0.3) is 0 Å². The van der Waals surface area contributed by atoms with Crippen molar-refractivity contribution >= 4 is 25.9 Å². The first-order valence-corrected chi connectivity index (χ1v) is 7.45. The van der Waals surface area contributed by atoms with Gasteiger partial charge in [0, 0.05) is 14.1 Å². The van der Waals surface area contributed by atoms with Crippen LogP contribution < -0.4 is 9.86 Å². The standard InChI is InChI=1S/C8H13N3O4S2/c1-11(2)17(14,15)10-7-4-3-5-8(6-7)16(9,12)13/h3-6,10H,1-2H3,(H2,9,12,13). The van der Waals surface area contributed by atoms with E-state index in [9.17, 15) is 16.8 Å². The van der Waals surface area contributed by atoms with Gasteiger partial charge >= 0.3 is 10.2 Å². The minimum Gasteiger partial charge on any atom is -0.271 e. The van der Waals surface area contributed by atoms with Crippen LogP contribution in [0.3, 0.4) is 0 Å². The number of benzene rings is 1. The normalized spacial score (nSPS) is 12.7. The lowest BCUT2D eigenvalue weighted by molar-refractivity contribution is 0.526. The van der Waals surface area contributed by atoms with Gasteiger partial charge in [-0.15, -0.1) is 0 Å². The Kier molecular flexibility index (Phi) is 3.77. The SMILES string of the molecule is CN(C)S(=O)(=O)Nc1cccc(S(N)(=O)=O)c1. The lowest BCUT2D eigenvalue weighted by Crippen LogP contribution is -2.29. The second kappa shape index (κ2) is 4.61. The van der Waals surface area contributed by atoms with Crippen LogP contribution in [0.5, 0.6) is 0 Å². The number of nitrogens with zero attached hydrogens (tertiary/aromatic N) is 1. The first-order valence-electron chi connectivity index (χ1n) is 4.46. The monoisotopic (exact) mass is 279 g/mol. The molecule has 0 fully saturated rings. The van der Waals surface area contributed by atoms with E-state index in [-0.39, 0.29) is 10.6 Å². The van der Waals surface area contributed by atoms with Crippen LogP contribution in [0, 0.1) is 0 Å². The van der Waals surface area contributed by atoms with Gasteiger partial charge in [-0.2, -0.15) is 12.7 Å². The third-order valence-corrected chi connectivity index (χ3v) is 4.26. The van der Waals surface area contributed by atoms with E-state index in [1.54, 1.807) is 0 Å². The zero-order valence-electron chi connectivity index (χ0n) is 9.28. The fourth-order valence-corrected chi connectivity index (χ4v) is 2.14. The Morgan fingerprint density at radius 3 is 2.24 bits per heavy atom. The van der Waals surface area contributed by atoms with Gasteiger partial charge in [-0.1, -0.05) is 6.07 Å². The minimum atomic E-state index is -3.85. The van der Waals surface area contributed by atoms with Gasteiger partial charge in [0.1, 0.15) is 0 Å². The fraction of sp³-hybridized carbons (Fsp3) is 0.250. The first kappa shape index (κ1) is 13.9. The Bertz CT molecular complexity index is 607. The molecule has 0 bridgehead atoms. The average Bonchev–Trinajstić information content (AvgIpc) is 2.15. The molecule has 96 valence electrons. The average molecular weight is 279 g/mol. The molecule has 0 atom stereocenters. The number of nitrogens with two attached hydrogens (primary N) is 1. The van der Waals surface area contributed by atoms with E-state index in [0.717, 1.165) is 10.4 Å². The molecule has 0 aliphatic rings. The van der Waals surface area contributed by atoms with E-state index in [4.69, 9.17) is 5.14 Å². The lowest BCUT2D eigenvalue weighted by Gasteiger charge is -2.13. The molecule has 0 amide bonds. The molecule has 0 heterocycles. The van der Waals surface area contributed by atoms with Gasteiger partial charge in [-0.05, 0) is 18.2 Å². The van der Waals surface area contributed by atoms with Crippen molar-refractivity contribution in [3.05, 3.63) is 24.3 Å². The summed E-state index contributed by atoms with van der Waals surface area (Å²) >= 11 is 0. The molecule has 0 radical (unpaired) electrons. The summed E-state index contributed by atoms with van der Waals surface area (Å²) in [6, 6.07) is 5.25. The van der Waals surface area contributed by atoms with Crippen LogP contribution in [0.2, 0.25) is 0 Å². The summed E-state index contributed by atoms with van der Waals surface area (Å²) < 4.78 is 48.3. The van der Waals surface area contributed by atoms with E-state index >= 15 is 0 Å². The van der Waals surface area contributed by atoms with E-state index in [0.29, 0.717) is 0 Å². The van der Waals surface area contributed by atoms with Gasteiger partial charge in [-0.25, -0.2) is 13.6 Å². The molecule has 3 N–H and O–H groups in total. The molecule has 17 heavy (non-hydrogen) atoms. The number of hydrogen-bond donors (Lipinski definition) is 2. The molecule has 0 spiro atoms. The largest absolute Gasteiger partial charge is 0.301 e. The maximum absolute atomic E-state index is 11.5. The maximum Gasteiger partial charge on any atom is 0.301 e. The van der Waals surface area contributed by atoms with Crippen molar-refractivity contribution in [1.82, 2.24) is 4.31 Å². The minimum absolute atomic E-state index is 0.130. The molecule has 0 aliphatic carbocycles. The topological polar surface area (TPSA) is 110 Å². The van der Waals surface area contributed by atoms with Crippen molar-refractivity contribution in [2.75, 3.05) is 18.8 Å². The van der Waals surface area contributed by atoms with Crippen molar-refractivity contribution in [2.24, 2.45) is 5.14 Å². The van der Waals surface area contributed by atoms with Gasteiger partial charge in [0.25, 0.3) is 0 Å². The smallest absolute Gasteiger partial charge is 0.271 e. The number of rotatable bonds is 4. The second-order valence-corrected chi connectivity index (χ2v) is 6.91. The number of primary sulfonamides is 1. The third-order valence-electron chi connectivity index (χ3n) is 1.89. The molecule has 0 saturated heterocycles. The summed E-state index contributed by atoms with van der Waals surface area (Å²) in [7, 11) is -4.81. The predicted molar refractivity (Wildman–Crippen MR) is 64.0 cm³/mol. The third kappa shape index (κ3) is 3.66. The Morgan fingerprint density at radius 2 is 1.76 bits per heavy atom. The molecule has 9 heteroatoms. The fourth-order valence-electron chi connectivity index (χ4n) is 0.977. The van der Waals surface area contributed by atoms with E-state index in [1.807, 2.05) is 0 Å². The van der Waals surface area contributed by atoms with E-state index in [2.05, 4.69) is 4.72 Å². The van der Waals surface area contributed by atoms with Gasteiger partial charge in [0.2, 0.25) is 10.0 Å². The second-order valence-electron chi connectivity index (χ2n) is 3.46. The van der Waals surface area contributed by atoms with Crippen LogP contribution >= 0.6 is 0 Å². The summed E-state index contributed by atoms with van der Waals surface area (Å²) in [5.74, 6) is 0. The Labute approximate surface area is 100 Å². The molecule has 0 aromatic heterocycles. The Hall–Kier alpha value is -1.16. The highest BCUT2D eigenvalue weighted by atomic mass is 32.2. The number of nitrogens with one attached hydrogen (secondary N) is 1. The number of hydrogen-bond acceptors (Lipinski definition) is 4. The van der Waals surface area contributed by atoms with Crippen molar-refractivity contribution in [2.45, 2.75) is 4.90 Å². The maximum atomic E-state index is 11.5. The molecule has 7 nitrogen and oxygen atoms in total. The van der Waals surface area contributed by atoms with Crippen LogP contribution in [-0.4, -0.2) is 35.2 Å². The van der Waals surface area contributed by atoms with Crippen molar-refractivity contribution in [3.8, 4) is 0 Å². The van der Waals surface area contributed by atoms with Gasteiger partial charge in [-0.3, -0.25) is 4.72 Å². The zero-order chi connectivity index (χ0) is 13.3. The quantitative estimate of drug-likeness (QED) is 0.778. The summed E-state index contributed by atoms with van der Waals surface area (Å²) in [4.78, 5) is -0.156. The van der Waals surface area contributed by atoms with Crippen LogP contribution in [-0.2, 0) is 20.2 Å². The molecule has 1 rings (SSSR count). The van der Waals surface area contributed by atoms with Crippen molar-refractivity contribution in [3.63, 3.8) is 0 Å². The Balaban J connectivity index is 3.11. The van der Waals surface area contributed by atoms with Crippen LogP contribution in [0.4, 0.5) is 5.69 Å². The van der Waals surface area contributed by atoms with Crippen LogP contribution in [0.1, 0.15) is 0 Å². The van der Waals surface area contributed by atoms with E-state index in [1.165, 1.54) is 32.3 Å². The van der Waals surface area contributed by atoms with Gasteiger partial charge < -0.3 is 0 Å². The van der Waals surface area contributed by atoms with E-state index < -0.39 is 20.2 Å². The van der Waals surface area contributed by atoms with Crippen molar-refractivity contribution < 1.29 is 16.8 Å². The zero-order valence-corrected chi connectivity index (χ0v) is 10.9. The lowest BCUT2D eigenvalue weighted by atomic mass is 10.3. The van der Waals surface area contributed by atoms with Crippen molar-refractivity contribution in [1.29, 1.82) is 0 Å².